The van der Waals surface area contributed by atoms with E-state index in [2.05, 4.69) is 0 Å². The van der Waals surface area contributed by atoms with Gasteiger partial charge in [-0.3, -0.25) is 71.9 Å². The molecule has 0 heterocycles. The molecule has 0 bridgehead atoms. The Morgan fingerprint density at radius 2 is 0.309 bits per heavy atom. The molecule has 0 atom stereocenters. The van der Waals surface area contributed by atoms with Crippen molar-refractivity contribution >= 4 is 89.5 Å². The van der Waals surface area contributed by atoms with Gasteiger partial charge in [0.05, 0.1) is 0 Å². The second kappa shape index (κ2) is 31.7. The van der Waals surface area contributed by atoms with Gasteiger partial charge in [0.2, 0.25) is 0 Å². The van der Waals surface area contributed by atoms with Crippen LogP contribution in [0.2, 0.25) is 0 Å². The van der Waals surface area contributed by atoms with Gasteiger partial charge in [0.15, 0.2) is 0 Å². The predicted molar refractivity (Wildman–Crippen MR) is 263 cm³/mol. The lowest BCUT2D eigenvalue weighted by Gasteiger charge is -2.34. The van der Waals surface area contributed by atoms with Crippen LogP contribution in [0.1, 0.15) is 104 Å². The van der Waals surface area contributed by atoms with E-state index in [-0.39, 0.29) is 0 Å². The zero-order valence-electron chi connectivity index (χ0n) is 48.2. The predicted octanol–water partition coefficient (Wildman–Crippen LogP) is 0.879. The fourth-order valence-electron chi connectivity index (χ4n) is 5.60. The molecule has 0 fully saturated rings. The summed E-state index contributed by atoms with van der Waals surface area (Å²) in [7, 11) is 0. The summed E-state index contributed by atoms with van der Waals surface area (Å²) in [6, 6.07) is 0. The third kappa shape index (κ3) is 25.4. The minimum absolute atomic E-state index is 0.716. The van der Waals surface area contributed by atoms with Crippen LogP contribution in [0.25, 0.3) is 0 Å². The van der Waals surface area contributed by atoms with Gasteiger partial charge >= 0.3 is 89.5 Å². The molecule has 0 aliphatic rings. The molecule has 0 aromatic rings. The molecule has 81 heavy (non-hydrogen) atoms. The summed E-state index contributed by atoms with van der Waals surface area (Å²) < 4.78 is 72.5. The van der Waals surface area contributed by atoms with E-state index in [1.807, 2.05) is 0 Å². The molecule has 0 aromatic carbocycles. The fourth-order valence-corrected chi connectivity index (χ4v) is 5.60. The second-order valence-electron chi connectivity index (χ2n) is 20.9. The highest BCUT2D eigenvalue weighted by molar-refractivity contribution is 5.84. The quantitative estimate of drug-likeness (QED) is 0.0680. The molecule has 0 rings (SSSR count). The molecule has 30 heteroatoms. The average molecular weight is 1170 g/mol. The Hall–Kier alpha value is -7.95. The highest BCUT2D eigenvalue weighted by Crippen LogP contribution is 2.32. The van der Waals surface area contributed by atoms with Crippen molar-refractivity contribution in [3.8, 4) is 0 Å². The third-order valence-corrected chi connectivity index (χ3v) is 11.4. The summed E-state index contributed by atoms with van der Waals surface area (Å²) in [4.78, 5) is 190. The molecule has 1 N–H and O–H groups in total. The maximum Gasteiger partial charge on any atom is 0.318 e. The molecular weight excluding hydrogens is 1090 g/mol. The van der Waals surface area contributed by atoms with Crippen LogP contribution in [0, 0.1) is 37.9 Å². The van der Waals surface area contributed by atoms with Gasteiger partial charge in [0.1, 0.15) is 130 Å². The number of aliphatic carboxylic acids is 1. The van der Waals surface area contributed by atoms with Gasteiger partial charge in [-0.1, -0.05) is 0 Å². The Labute approximate surface area is 466 Å². The van der Waals surface area contributed by atoms with Crippen molar-refractivity contribution < 1.29 is 143 Å². The SMILES string of the molecule is CC(=O)OCC(C)(COC(C)=O)C(=O)OCC(C)(COC(=O)C(C)(COC(C)=O)COC(C)=O)C(=O)OCC(C)(COC(=O)C(C)(COC(=O)C(C)(COC(C)=O)COC(C)=O)COC(=O)C(C)(COC(C)=O)COC(C)=O)C(=O)O. The number of rotatable bonds is 35. The molecule has 0 radical (unpaired) electrons. The molecule has 0 saturated carbocycles. The maximum atomic E-state index is 14.2. The summed E-state index contributed by atoms with van der Waals surface area (Å²) in [6.45, 7) is 3.37. The topological polar surface area (TPSA) is 406 Å². The number of ether oxygens (including phenoxy) is 14. The van der Waals surface area contributed by atoms with Crippen molar-refractivity contribution in [3.63, 3.8) is 0 Å². The van der Waals surface area contributed by atoms with Crippen molar-refractivity contribution in [1.29, 1.82) is 0 Å². The van der Waals surface area contributed by atoms with Crippen LogP contribution in [0.4, 0.5) is 0 Å². The molecule has 0 aliphatic heterocycles. The van der Waals surface area contributed by atoms with E-state index >= 15 is 0 Å². The van der Waals surface area contributed by atoms with Crippen LogP contribution in [-0.2, 0) is 138 Å². The number of carbonyl (C=O) groups excluding carboxylic acids is 14. The van der Waals surface area contributed by atoms with Crippen molar-refractivity contribution in [3.05, 3.63) is 0 Å². The smallest absolute Gasteiger partial charge is 0.318 e. The largest absolute Gasteiger partial charge is 0.481 e. The van der Waals surface area contributed by atoms with E-state index < -0.39 is 220 Å². The Morgan fingerprint density at radius 3 is 0.407 bits per heavy atom. The molecule has 30 nitrogen and oxygen atoms in total. The number of esters is 14. The van der Waals surface area contributed by atoms with Gasteiger partial charge < -0.3 is 71.4 Å². The zero-order valence-corrected chi connectivity index (χ0v) is 48.2. The van der Waals surface area contributed by atoms with E-state index in [1.165, 1.54) is 27.7 Å². The maximum absolute atomic E-state index is 14.2. The number of carboxylic acid groups (broad SMARTS) is 1. The highest BCUT2D eigenvalue weighted by atomic mass is 16.6. The number of hydrogen-bond donors (Lipinski definition) is 1. The Kier molecular flexibility index (Phi) is 28.6. The molecular formula is C51H74O30. The van der Waals surface area contributed by atoms with Crippen LogP contribution in [-0.4, -0.2) is 187 Å². The lowest BCUT2D eigenvalue weighted by Crippen LogP contribution is -2.48. The molecule has 0 saturated heterocycles. The Balaban J connectivity index is 7.35. The minimum atomic E-state index is -2.44. The first-order valence-corrected chi connectivity index (χ1v) is 24.4. The van der Waals surface area contributed by atoms with Gasteiger partial charge in [0.25, 0.3) is 0 Å². The average Bonchev–Trinajstić information content (AvgIpc) is 3.38. The zero-order chi connectivity index (χ0) is 63.0. The van der Waals surface area contributed by atoms with Gasteiger partial charge in [-0.05, 0) is 48.5 Å². The summed E-state index contributed by atoms with van der Waals surface area (Å²) in [5, 5.41) is 10.5. The summed E-state index contributed by atoms with van der Waals surface area (Å²) >= 11 is 0. The van der Waals surface area contributed by atoms with Crippen molar-refractivity contribution in [1.82, 2.24) is 0 Å². The monoisotopic (exact) mass is 1170 g/mol. The highest BCUT2D eigenvalue weighted by Gasteiger charge is 2.49. The van der Waals surface area contributed by atoms with E-state index in [0.29, 0.717) is 0 Å². The van der Waals surface area contributed by atoms with Gasteiger partial charge in [0, 0.05) is 55.4 Å². The van der Waals surface area contributed by atoms with Crippen molar-refractivity contribution in [2.75, 3.05) is 92.5 Å². The van der Waals surface area contributed by atoms with E-state index in [9.17, 15) is 77.0 Å². The molecule has 0 unspecified atom stereocenters. The standard InChI is InChI=1S/C51H74O30/c1-30(52)68-18-46(10,19-69-31(2)53)39(62)78-26-50(14,27-79-40(63)47(11,20-70-32(3)54)21-71-33(4)55)43(66)76-16-45(9,38(60)61)17-77-44(67)51(15,28-80-41(64)48(12,22-72-34(5)56)23-73-35(6)57)29-81-42(65)49(13,24-74-36(7)58)25-75-37(8)59/h16-29H2,1-15H3,(H,60,61). The van der Waals surface area contributed by atoms with E-state index in [4.69, 9.17) is 66.3 Å². The summed E-state index contributed by atoms with van der Waals surface area (Å²) in [5.74, 6) is -16.5. The molecule has 0 aliphatic carbocycles. The van der Waals surface area contributed by atoms with E-state index in [1.54, 1.807) is 0 Å². The second-order valence-corrected chi connectivity index (χ2v) is 20.9. The lowest BCUT2D eigenvalue weighted by atomic mass is 9.89. The fraction of sp³-hybridized carbons (Fsp3) is 0.706. The normalized spacial score (nSPS) is 11.9. The van der Waals surface area contributed by atoms with Crippen LogP contribution in [0.5, 0.6) is 0 Å². The van der Waals surface area contributed by atoms with Crippen molar-refractivity contribution in [2.45, 2.75) is 104 Å². The van der Waals surface area contributed by atoms with Crippen molar-refractivity contribution in [2.24, 2.45) is 37.9 Å². The van der Waals surface area contributed by atoms with E-state index in [0.717, 1.165) is 76.2 Å². The molecule has 458 valence electrons. The molecule has 0 amide bonds. The van der Waals surface area contributed by atoms with Crippen LogP contribution < -0.4 is 0 Å². The summed E-state index contributed by atoms with van der Waals surface area (Å²) in [6.07, 6.45) is 0. The first kappa shape index (κ1) is 73.0. The summed E-state index contributed by atoms with van der Waals surface area (Å²) in [5.41, 5.74) is -14.8. The Morgan fingerprint density at radius 1 is 0.210 bits per heavy atom. The van der Waals surface area contributed by atoms with Gasteiger partial charge in [-0.15, -0.1) is 0 Å². The molecule has 0 aromatic heterocycles. The lowest BCUT2D eigenvalue weighted by molar-refractivity contribution is -0.184. The van der Waals surface area contributed by atoms with Crippen LogP contribution >= 0.6 is 0 Å². The third-order valence-electron chi connectivity index (χ3n) is 11.4. The van der Waals surface area contributed by atoms with Crippen LogP contribution in [0.15, 0.2) is 0 Å². The minimum Gasteiger partial charge on any atom is -0.481 e. The molecule has 0 spiro atoms. The Bertz CT molecular complexity index is 2000. The number of carboxylic acids is 1. The van der Waals surface area contributed by atoms with Crippen LogP contribution in [0.3, 0.4) is 0 Å². The van der Waals surface area contributed by atoms with Gasteiger partial charge in [-0.2, -0.15) is 0 Å². The number of hydrogen-bond acceptors (Lipinski definition) is 29. The number of carbonyl (C=O) groups is 15. The first-order chi connectivity index (χ1) is 37.0. The first-order valence-electron chi connectivity index (χ1n) is 24.4. The van der Waals surface area contributed by atoms with Gasteiger partial charge in [-0.25, -0.2) is 0 Å².